The smallest absolute Gasteiger partial charge is 0.254 e. The lowest BCUT2D eigenvalue weighted by molar-refractivity contribution is 0.0947. The molecule has 1 aromatic carbocycles. The van der Waals surface area contributed by atoms with Crippen LogP contribution in [0, 0.1) is 6.92 Å². The van der Waals surface area contributed by atoms with E-state index in [1.807, 2.05) is 49.4 Å². The predicted molar refractivity (Wildman–Crippen MR) is 86.4 cm³/mol. The van der Waals surface area contributed by atoms with E-state index in [1.54, 1.807) is 0 Å². The van der Waals surface area contributed by atoms with E-state index in [0.717, 1.165) is 11.4 Å². The molecule has 0 aliphatic heterocycles. The first-order valence-electron chi connectivity index (χ1n) is 7.18. The molecule has 0 aliphatic carbocycles. The van der Waals surface area contributed by atoms with E-state index in [1.165, 1.54) is 12.4 Å². The summed E-state index contributed by atoms with van der Waals surface area (Å²) in [6.45, 7) is 2.19. The van der Waals surface area contributed by atoms with Gasteiger partial charge in [-0.15, -0.1) is 0 Å². The number of hydrogen-bond donors (Lipinski definition) is 2. The number of rotatable bonds is 5. The first kappa shape index (κ1) is 14.8. The second kappa shape index (κ2) is 6.74. The Kier molecular flexibility index (Phi) is 4.33. The molecule has 0 saturated heterocycles. The van der Waals surface area contributed by atoms with Crippen molar-refractivity contribution in [3.05, 3.63) is 71.9 Å². The molecule has 0 unspecified atom stereocenters. The fraction of sp³-hybridized carbons (Fsp3) is 0.118. The Labute approximate surface area is 133 Å². The van der Waals surface area contributed by atoms with Gasteiger partial charge in [-0.25, -0.2) is 9.97 Å². The van der Waals surface area contributed by atoms with Gasteiger partial charge in [0.2, 0.25) is 5.95 Å². The van der Waals surface area contributed by atoms with E-state index < -0.39 is 0 Å². The van der Waals surface area contributed by atoms with Crippen LogP contribution >= 0.6 is 0 Å². The lowest BCUT2D eigenvalue weighted by Gasteiger charge is -2.06. The number of aryl methyl sites for hydroxylation is 1. The maximum absolute atomic E-state index is 12.0. The SMILES string of the molecule is Cc1ccc(CNC(=O)c2cnc(Nc3ccccc3)nc2)o1. The summed E-state index contributed by atoms with van der Waals surface area (Å²) >= 11 is 0. The van der Waals surface area contributed by atoms with Gasteiger partial charge in [0.25, 0.3) is 5.91 Å². The number of nitrogens with zero attached hydrogens (tertiary/aromatic N) is 2. The van der Waals surface area contributed by atoms with Crippen LogP contribution in [-0.2, 0) is 6.54 Å². The Bertz CT molecular complexity index is 782. The highest BCUT2D eigenvalue weighted by atomic mass is 16.3. The van der Waals surface area contributed by atoms with E-state index in [-0.39, 0.29) is 5.91 Å². The second-order valence-corrected chi connectivity index (χ2v) is 4.98. The molecule has 0 spiro atoms. The summed E-state index contributed by atoms with van der Waals surface area (Å²) in [7, 11) is 0. The number of furan rings is 1. The van der Waals surface area contributed by atoms with E-state index >= 15 is 0 Å². The number of carbonyl (C=O) groups is 1. The van der Waals surface area contributed by atoms with Crippen molar-refractivity contribution in [3.63, 3.8) is 0 Å². The maximum Gasteiger partial charge on any atom is 0.254 e. The molecule has 3 aromatic rings. The molecule has 6 heteroatoms. The lowest BCUT2D eigenvalue weighted by atomic mass is 10.3. The van der Waals surface area contributed by atoms with Gasteiger partial charge in [0.15, 0.2) is 0 Å². The van der Waals surface area contributed by atoms with Gasteiger partial charge in [-0.1, -0.05) is 18.2 Å². The average molecular weight is 308 g/mol. The van der Waals surface area contributed by atoms with Crippen LogP contribution in [0.25, 0.3) is 0 Å². The van der Waals surface area contributed by atoms with Crippen molar-refractivity contribution >= 4 is 17.5 Å². The normalized spacial score (nSPS) is 10.3. The monoisotopic (exact) mass is 308 g/mol. The van der Waals surface area contributed by atoms with Crippen LogP contribution < -0.4 is 10.6 Å². The third kappa shape index (κ3) is 3.94. The second-order valence-electron chi connectivity index (χ2n) is 4.98. The predicted octanol–water partition coefficient (Wildman–Crippen LogP) is 3.05. The number of nitrogens with one attached hydrogen (secondary N) is 2. The molecule has 0 fully saturated rings. The van der Waals surface area contributed by atoms with Crippen LogP contribution in [0.5, 0.6) is 0 Å². The summed E-state index contributed by atoms with van der Waals surface area (Å²) in [6, 6.07) is 13.3. The zero-order valence-electron chi connectivity index (χ0n) is 12.6. The van der Waals surface area contributed by atoms with Crippen molar-refractivity contribution in [1.29, 1.82) is 0 Å². The molecule has 1 amide bonds. The van der Waals surface area contributed by atoms with Crippen LogP contribution in [-0.4, -0.2) is 15.9 Å². The van der Waals surface area contributed by atoms with Gasteiger partial charge < -0.3 is 15.1 Å². The van der Waals surface area contributed by atoms with E-state index in [4.69, 9.17) is 4.42 Å². The van der Waals surface area contributed by atoms with Gasteiger partial charge in [0.1, 0.15) is 11.5 Å². The summed E-state index contributed by atoms with van der Waals surface area (Å²) in [6.07, 6.45) is 2.97. The highest BCUT2D eigenvalue weighted by Gasteiger charge is 2.08. The van der Waals surface area contributed by atoms with E-state index in [0.29, 0.717) is 23.8 Å². The molecule has 0 bridgehead atoms. The lowest BCUT2D eigenvalue weighted by Crippen LogP contribution is -2.23. The molecule has 116 valence electrons. The third-order valence-electron chi connectivity index (χ3n) is 3.16. The topological polar surface area (TPSA) is 80.0 Å². The van der Waals surface area contributed by atoms with Gasteiger partial charge >= 0.3 is 0 Å². The summed E-state index contributed by atoms with van der Waals surface area (Å²) in [5.74, 6) is 1.72. The van der Waals surface area contributed by atoms with Crippen molar-refractivity contribution in [2.45, 2.75) is 13.5 Å². The molecule has 2 heterocycles. The molecule has 23 heavy (non-hydrogen) atoms. The fourth-order valence-corrected chi connectivity index (χ4v) is 2.01. The first-order valence-corrected chi connectivity index (χ1v) is 7.18. The minimum Gasteiger partial charge on any atom is -0.465 e. The molecule has 0 aliphatic rings. The molecule has 2 aromatic heterocycles. The number of amides is 1. The number of aromatic nitrogens is 2. The highest BCUT2D eigenvalue weighted by Crippen LogP contribution is 2.11. The van der Waals surface area contributed by atoms with Crippen molar-refractivity contribution < 1.29 is 9.21 Å². The molecular formula is C17H16N4O2. The zero-order chi connectivity index (χ0) is 16.1. The van der Waals surface area contributed by atoms with E-state index in [9.17, 15) is 4.79 Å². The fourth-order valence-electron chi connectivity index (χ4n) is 2.01. The molecule has 3 rings (SSSR count). The number of carbonyl (C=O) groups excluding carboxylic acids is 1. The first-order chi connectivity index (χ1) is 11.2. The van der Waals surface area contributed by atoms with Gasteiger partial charge in [0.05, 0.1) is 12.1 Å². The highest BCUT2D eigenvalue weighted by molar-refractivity contribution is 5.93. The number of anilines is 2. The van der Waals surface area contributed by atoms with Crippen LogP contribution in [0.15, 0.2) is 59.3 Å². The van der Waals surface area contributed by atoms with Crippen LogP contribution in [0.3, 0.4) is 0 Å². The Hall–Kier alpha value is -3.15. The molecule has 6 nitrogen and oxygen atoms in total. The van der Waals surface area contributed by atoms with Crippen molar-refractivity contribution in [2.24, 2.45) is 0 Å². The summed E-state index contributed by atoms with van der Waals surface area (Å²) in [5.41, 5.74) is 1.28. The van der Waals surface area contributed by atoms with Crippen molar-refractivity contribution in [2.75, 3.05) is 5.32 Å². The number of para-hydroxylation sites is 1. The Morgan fingerprint density at radius 2 is 1.83 bits per heavy atom. The minimum atomic E-state index is -0.245. The molecule has 0 radical (unpaired) electrons. The van der Waals surface area contributed by atoms with Crippen LogP contribution in [0.1, 0.15) is 21.9 Å². The average Bonchev–Trinajstić information content (AvgIpc) is 3.00. The molecule has 2 N–H and O–H groups in total. The maximum atomic E-state index is 12.0. The van der Waals surface area contributed by atoms with Gasteiger partial charge in [-0.2, -0.15) is 0 Å². The third-order valence-corrected chi connectivity index (χ3v) is 3.16. The number of benzene rings is 1. The molecule has 0 atom stereocenters. The Morgan fingerprint density at radius 1 is 1.09 bits per heavy atom. The van der Waals surface area contributed by atoms with Crippen molar-refractivity contribution in [1.82, 2.24) is 15.3 Å². The van der Waals surface area contributed by atoms with Crippen LogP contribution in [0.4, 0.5) is 11.6 Å². The van der Waals surface area contributed by atoms with Gasteiger partial charge in [0, 0.05) is 18.1 Å². The van der Waals surface area contributed by atoms with Gasteiger partial charge in [-0.05, 0) is 31.2 Å². The van der Waals surface area contributed by atoms with E-state index in [2.05, 4.69) is 20.6 Å². The Morgan fingerprint density at radius 3 is 2.48 bits per heavy atom. The summed E-state index contributed by atoms with van der Waals surface area (Å²) in [4.78, 5) is 20.3. The summed E-state index contributed by atoms with van der Waals surface area (Å²) < 4.78 is 5.40. The summed E-state index contributed by atoms with van der Waals surface area (Å²) in [5, 5.41) is 5.83. The zero-order valence-corrected chi connectivity index (χ0v) is 12.6. The standard InChI is InChI=1S/C17H16N4O2/c1-12-7-8-15(23-12)11-18-16(22)13-9-19-17(20-10-13)21-14-5-3-2-4-6-14/h2-10H,11H2,1H3,(H,18,22)(H,19,20,21). The molecule has 0 saturated carbocycles. The minimum absolute atomic E-state index is 0.245. The van der Waals surface area contributed by atoms with Crippen molar-refractivity contribution in [3.8, 4) is 0 Å². The molecular weight excluding hydrogens is 292 g/mol. The largest absolute Gasteiger partial charge is 0.465 e. The van der Waals surface area contributed by atoms with Gasteiger partial charge in [-0.3, -0.25) is 4.79 Å². The Balaban J connectivity index is 1.59. The van der Waals surface area contributed by atoms with Crippen LogP contribution in [0.2, 0.25) is 0 Å². The quantitative estimate of drug-likeness (QED) is 0.757. The number of hydrogen-bond acceptors (Lipinski definition) is 5.